The highest BCUT2D eigenvalue weighted by atomic mass is 35.5. The lowest BCUT2D eigenvalue weighted by molar-refractivity contribution is 0.339. The van der Waals surface area contributed by atoms with Crippen molar-refractivity contribution < 1.29 is 52.6 Å². The Morgan fingerprint density at radius 3 is 0.667 bits per heavy atom. The van der Waals surface area contributed by atoms with Crippen LogP contribution in [-0.2, 0) is 0 Å². The van der Waals surface area contributed by atoms with Crippen molar-refractivity contribution in [3.8, 4) is 66.8 Å². The summed E-state index contributed by atoms with van der Waals surface area (Å²) in [5.74, 6) is -4.01. The number of hydrogen-bond donors (Lipinski definition) is 0. The molecule has 0 heterocycles. The van der Waals surface area contributed by atoms with Gasteiger partial charge in [0.05, 0.1) is 5.02 Å². The molecule has 0 spiro atoms. The van der Waals surface area contributed by atoms with Gasteiger partial charge in [-0.2, -0.15) is 0 Å². The first-order valence-electron chi connectivity index (χ1n) is 39.7. The van der Waals surface area contributed by atoms with E-state index in [9.17, 15) is 48.3 Å². The third-order valence-electron chi connectivity index (χ3n) is 22.8. The van der Waals surface area contributed by atoms with E-state index < -0.39 is 58.2 Å². The maximum Gasteiger partial charge on any atom is 0.166 e. The Morgan fingerprint density at radius 1 is 0.211 bits per heavy atom. The summed E-state index contributed by atoms with van der Waals surface area (Å²) in [4.78, 5) is 0. The van der Waals surface area contributed by atoms with Crippen molar-refractivity contribution in [2.75, 3.05) is 0 Å². The van der Waals surface area contributed by atoms with Crippen LogP contribution in [-0.4, -0.2) is 0 Å². The standard InChI is InChI=1S/3C20H22F2.C14H12ClF.2C14H12F2.3H2/c1-13-3-7-15(8-4-13)17-11-12-18(20(22)19(17)21)16-9-5-14(2)6-10-16;2*1-13-3-6-15(7-4-13)16-8-10-17(11-9-16)18-12-5-14(2)19(21)20(18)22;3*1-9-3-6-11(7-4-9)12-8-5-10(2)13(15)14(12)16;;;/h3-4,7-8,11-12,14,16H,5-6,9-10H2,1-2H3;2*5,8-13,15H,3-4,6-7H2,1-2H3;3*3-8H,1-2H3;3*1H. The fraction of sp³-hybridized carbons (Fsp3) is 0.294. The third-order valence-corrected chi connectivity index (χ3v) is 23.3. The Labute approximate surface area is 677 Å². The molecule has 3 saturated carbocycles. The second-order valence-corrected chi connectivity index (χ2v) is 32.1. The van der Waals surface area contributed by atoms with E-state index in [0.717, 1.165) is 87.6 Å². The van der Waals surface area contributed by atoms with E-state index in [1.165, 1.54) is 62.5 Å². The first-order chi connectivity index (χ1) is 54.5. The van der Waals surface area contributed by atoms with Crippen LogP contribution >= 0.6 is 11.6 Å². The average Bonchev–Trinajstić information content (AvgIpc) is 0.830. The smallest absolute Gasteiger partial charge is 0.166 e. The summed E-state index contributed by atoms with van der Waals surface area (Å²) in [6.45, 7) is 22.8. The Morgan fingerprint density at radius 2 is 0.412 bits per heavy atom. The minimum Gasteiger partial charge on any atom is -0.205 e. The van der Waals surface area contributed by atoms with Gasteiger partial charge in [0.25, 0.3) is 0 Å². The Hall–Kier alpha value is -9.84. The summed E-state index contributed by atoms with van der Waals surface area (Å²) in [7, 11) is 0. The molecular weight excluding hydrogens is 1470 g/mol. The largest absolute Gasteiger partial charge is 0.205 e. The van der Waals surface area contributed by atoms with Gasteiger partial charge in [-0.15, -0.1) is 0 Å². The van der Waals surface area contributed by atoms with E-state index >= 15 is 0 Å². The molecule has 3 aliphatic rings. The van der Waals surface area contributed by atoms with Gasteiger partial charge in [-0.1, -0.05) is 312 Å². The summed E-state index contributed by atoms with van der Waals surface area (Å²) >= 11 is 5.89. The van der Waals surface area contributed by atoms with Crippen molar-refractivity contribution in [3.05, 3.63) is 354 Å². The molecule has 600 valence electrons. The second kappa shape index (κ2) is 40.0. The average molecular weight is 1580 g/mol. The predicted octanol–water partition coefficient (Wildman–Crippen LogP) is 32.7. The van der Waals surface area contributed by atoms with E-state index in [1.807, 2.05) is 131 Å². The molecule has 12 heteroatoms. The molecule has 3 fully saturated rings. The molecule has 0 N–H and O–H groups in total. The summed E-state index contributed by atoms with van der Waals surface area (Å²) in [6.07, 6.45) is 14.2. The van der Waals surface area contributed by atoms with Crippen LogP contribution in [0.3, 0.4) is 0 Å². The number of rotatable bonds is 9. The molecule has 0 bridgehead atoms. The zero-order valence-corrected chi connectivity index (χ0v) is 68.0. The summed E-state index contributed by atoms with van der Waals surface area (Å²) < 4.78 is 153. The van der Waals surface area contributed by atoms with Gasteiger partial charge in [0.15, 0.2) is 58.2 Å². The zero-order valence-electron chi connectivity index (χ0n) is 67.3. The van der Waals surface area contributed by atoms with Gasteiger partial charge in [0, 0.05) is 37.7 Å². The Balaban J connectivity index is 0.000000194. The van der Waals surface area contributed by atoms with Gasteiger partial charge in [-0.3, -0.25) is 0 Å². The van der Waals surface area contributed by atoms with Crippen LogP contribution in [0.15, 0.2) is 218 Å². The van der Waals surface area contributed by atoms with Crippen LogP contribution in [0.5, 0.6) is 0 Å². The van der Waals surface area contributed by atoms with Crippen molar-refractivity contribution in [1.29, 1.82) is 0 Å². The van der Waals surface area contributed by atoms with Crippen molar-refractivity contribution in [2.45, 2.75) is 178 Å². The molecule has 0 aliphatic heterocycles. The predicted molar refractivity (Wildman–Crippen MR) is 456 cm³/mol. The van der Waals surface area contributed by atoms with Crippen LogP contribution in [0.2, 0.25) is 5.02 Å². The third kappa shape index (κ3) is 22.0. The lowest BCUT2D eigenvalue weighted by Crippen LogP contribution is -2.13. The molecule has 12 aromatic carbocycles. The Kier molecular flexibility index (Phi) is 30.3. The van der Waals surface area contributed by atoms with E-state index in [0.29, 0.717) is 90.1 Å². The number of halogens is 12. The first kappa shape index (κ1) is 86.6. The molecule has 0 unspecified atom stereocenters. The van der Waals surface area contributed by atoms with E-state index in [2.05, 4.69) is 45.0 Å². The molecule has 0 atom stereocenters. The molecule has 114 heavy (non-hydrogen) atoms. The van der Waals surface area contributed by atoms with Gasteiger partial charge in [-0.05, 0) is 214 Å². The van der Waals surface area contributed by atoms with Gasteiger partial charge in [0.1, 0.15) is 5.82 Å². The van der Waals surface area contributed by atoms with Crippen LogP contribution in [0.4, 0.5) is 48.3 Å². The summed E-state index contributed by atoms with van der Waals surface area (Å²) in [5.41, 5.74) is 16.4. The SMILES string of the molecule is Cc1ccc(-c2ccc(C)c(Cl)c2F)cc1.Cc1ccc(-c2ccc(C)c(F)c2F)cc1.Cc1ccc(-c2ccc(C)c(F)c2F)cc1.Cc1ccc(-c2ccc(C3CCC(C)CC3)c(F)c2F)cc1.Cc1ccc(-c2ccc(C3CCC(C)CC3)cc2)c(F)c1F.Cc1ccc(-c2ccc(C3CCC(C)CC3)cc2)c(F)c1F.[HH].[HH].[HH]. The normalized spacial score (nSPS) is 17.1. The van der Waals surface area contributed by atoms with E-state index in [1.54, 1.807) is 126 Å². The highest BCUT2D eigenvalue weighted by molar-refractivity contribution is 6.31. The van der Waals surface area contributed by atoms with Crippen LogP contribution < -0.4 is 0 Å². The highest BCUT2D eigenvalue weighted by Crippen LogP contribution is 2.42. The summed E-state index contributed by atoms with van der Waals surface area (Å²) in [5, 5.41) is 0.207. The quantitative estimate of drug-likeness (QED) is 0.126. The van der Waals surface area contributed by atoms with E-state index in [4.69, 9.17) is 11.6 Å². The fourth-order valence-electron chi connectivity index (χ4n) is 15.0. The Bertz CT molecular complexity index is 4850. The van der Waals surface area contributed by atoms with Gasteiger partial charge in [-0.25, -0.2) is 48.3 Å². The second-order valence-electron chi connectivity index (χ2n) is 31.7. The summed E-state index contributed by atoms with van der Waals surface area (Å²) in [6, 6.07) is 66.0. The lowest BCUT2D eigenvalue weighted by atomic mass is 9.79. The maximum atomic E-state index is 14.5. The molecule has 0 amide bonds. The lowest BCUT2D eigenvalue weighted by Gasteiger charge is -2.27. The van der Waals surface area contributed by atoms with Gasteiger partial charge in [0.2, 0.25) is 0 Å². The number of hydrogen-bond acceptors (Lipinski definition) is 0. The minimum absolute atomic E-state index is 0. The zero-order chi connectivity index (χ0) is 82.2. The molecule has 0 saturated heterocycles. The van der Waals surface area contributed by atoms with Crippen LogP contribution in [0.1, 0.15) is 187 Å². The monoisotopic (exact) mass is 1580 g/mol. The molecule has 0 radical (unpaired) electrons. The van der Waals surface area contributed by atoms with Crippen molar-refractivity contribution in [2.24, 2.45) is 17.8 Å². The fourth-order valence-corrected chi connectivity index (χ4v) is 15.2. The van der Waals surface area contributed by atoms with Crippen LogP contribution in [0, 0.1) is 144 Å². The van der Waals surface area contributed by atoms with E-state index in [-0.39, 0.29) is 21.0 Å². The molecular formula is C102H108ClF11. The van der Waals surface area contributed by atoms with Crippen molar-refractivity contribution >= 4 is 11.6 Å². The van der Waals surface area contributed by atoms with Crippen LogP contribution in [0.25, 0.3) is 66.8 Å². The van der Waals surface area contributed by atoms with Crippen molar-refractivity contribution in [1.82, 2.24) is 0 Å². The first-order valence-corrected chi connectivity index (χ1v) is 40.0. The molecule has 15 rings (SSSR count). The number of aryl methyl sites for hydroxylation is 9. The topological polar surface area (TPSA) is 0 Å². The molecule has 12 aromatic rings. The molecule has 3 aliphatic carbocycles. The van der Waals surface area contributed by atoms with Gasteiger partial charge < -0.3 is 0 Å². The number of benzene rings is 12. The maximum absolute atomic E-state index is 14.5. The molecule has 0 nitrogen and oxygen atoms in total. The van der Waals surface area contributed by atoms with Gasteiger partial charge >= 0.3 is 0 Å². The highest BCUT2D eigenvalue weighted by Gasteiger charge is 2.27. The molecule has 0 aromatic heterocycles. The van der Waals surface area contributed by atoms with Crippen molar-refractivity contribution in [3.63, 3.8) is 0 Å². The minimum atomic E-state index is -0.774.